The third-order valence-electron chi connectivity index (χ3n) is 3.72. The molecule has 2 nitrogen and oxygen atoms in total. The summed E-state index contributed by atoms with van der Waals surface area (Å²) in [4.78, 5) is 2.58. The van der Waals surface area contributed by atoms with Crippen molar-refractivity contribution in [1.82, 2.24) is 4.90 Å². The number of nitrogens with zero attached hydrogens (tertiary/aromatic N) is 1. The van der Waals surface area contributed by atoms with Gasteiger partial charge in [0.25, 0.3) is 0 Å². The lowest BCUT2D eigenvalue weighted by Crippen LogP contribution is -2.42. The SMILES string of the molecule is CN(C1CCC(O)CC1)C1CCSC1. The highest BCUT2D eigenvalue weighted by Crippen LogP contribution is 2.28. The van der Waals surface area contributed by atoms with Gasteiger partial charge in [0.15, 0.2) is 0 Å². The van der Waals surface area contributed by atoms with E-state index in [2.05, 4.69) is 23.7 Å². The number of thioether (sulfide) groups is 1. The molecule has 0 radical (unpaired) electrons. The molecule has 1 aliphatic heterocycles. The Balaban J connectivity index is 1.82. The lowest BCUT2D eigenvalue weighted by Gasteiger charge is -2.36. The summed E-state index contributed by atoms with van der Waals surface area (Å²) in [6, 6.07) is 1.54. The van der Waals surface area contributed by atoms with E-state index in [0.717, 1.165) is 24.9 Å². The van der Waals surface area contributed by atoms with Crippen molar-refractivity contribution in [3.63, 3.8) is 0 Å². The molecular formula is C11H21NOS. The fourth-order valence-electron chi connectivity index (χ4n) is 2.61. The number of aliphatic hydroxyl groups excluding tert-OH is 1. The second-order valence-corrected chi connectivity index (χ2v) is 5.80. The Labute approximate surface area is 91.1 Å². The van der Waals surface area contributed by atoms with Gasteiger partial charge in [0, 0.05) is 17.8 Å². The molecule has 2 aliphatic rings. The average Bonchev–Trinajstić information content (AvgIpc) is 2.71. The van der Waals surface area contributed by atoms with Crippen molar-refractivity contribution >= 4 is 11.8 Å². The molecular weight excluding hydrogens is 194 g/mol. The monoisotopic (exact) mass is 215 g/mol. The maximum atomic E-state index is 9.45. The van der Waals surface area contributed by atoms with Gasteiger partial charge in [0.2, 0.25) is 0 Å². The Hall–Kier alpha value is 0.270. The van der Waals surface area contributed by atoms with Gasteiger partial charge >= 0.3 is 0 Å². The molecule has 0 aromatic carbocycles. The van der Waals surface area contributed by atoms with Crippen molar-refractivity contribution in [3.8, 4) is 0 Å². The Morgan fingerprint density at radius 3 is 2.36 bits per heavy atom. The molecule has 1 N–H and O–H groups in total. The molecule has 1 atom stereocenters. The van der Waals surface area contributed by atoms with Gasteiger partial charge in [0.1, 0.15) is 0 Å². The summed E-state index contributed by atoms with van der Waals surface area (Å²) in [7, 11) is 2.28. The minimum absolute atomic E-state index is 0.0161. The molecule has 14 heavy (non-hydrogen) atoms. The van der Waals surface area contributed by atoms with Gasteiger partial charge in [-0.15, -0.1) is 0 Å². The second-order valence-electron chi connectivity index (χ2n) is 4.65. The Kier molecular flexibility index (Phi) is 3.74. The summed E-state index contributed by atoms with van der Waals surface area (Å²) in [6.45, 7) is 0. The van der Waals surface area contributed by atoms with E-state index in [-0.39, 0.29) is 6.10 Å². The van der Waals surface area contributed by atoms with Crippen LogP contribution in [-0.4, -0.2) is 46.7 Å². The van der Waals surface area contributed by atoms with E-state index in [4.69, 9.17) is 0 Å². The predicted molar refractivity (Wildman–Crippen MR) is 61.8 cm³/mol. The van der Waals surface area contributed by atoms with Crippen LogP contribution in [0.1, 0.15) is 32.1 Å². The zero-order chi connectivity index (χ0) is 9.97. The number of hydrogen-bond donors (Lipinski definition) is 1. The van der Waals surface area contributed by atoms with E-state index >= 15 is 0 Å². The van der Waals surface area contributed by atoms with Gasteiger partial charge < -0.3 is 5.11 Å². The third-order valence-corrected chi connectivity index (χ3v) is 4.87. The molecule has 0 aromatic rings. The highest BCUT2D eigenvalue weighted by molar-refractivity contribution is 7.99. The second kappa shape index (κ2) is 4.86. The van der Waals surface area contributed by atoms with Gasteiger partial charge in [0.05, 0.1) is 6.10 Å². The van der Waals surface area contributed by atoms with Crippen molar-refractivity contribution in [2.75, 3.05) is 18.6 Å². The van der Waals surface area contributed by atoms with E-state index in [0.29, 0.717) is 0 Å². The van der Waals surface area contributed by atoms with E-state index in [9.17, 15) is 5.11 Å². The summed E-state index contributed by atoms with van der Waals surface area (Å²) in [5.41, 5.74) is 0. The molecule has 0 amide bonds. The largest absolute Gasteiger partial charge is 0.393 e. The van der Waals surface area contributed by atoms with Crippen molar-refractivity contribution in [2.45, 2.75) is 50.3 Å². The van der Waals surface area contributed by atoms with E-state index in [1.807, 2.05) is 0 Å². The van der Waals surface area contributed by atoms with Crippen molar-refractivity contribution in [3.05, 3.63) is 0 Å². The molecule has 82 valence electrons. The first kappa shape index (κ1) is 10.8. The molecule has 1 saturated carbocycles. The first-order valence-corrected chi connectivity index (χ1v) is 6.90. The van der Waals surface area contributed by atoms with E-state index in [1.165, 1.54) is 30.8 Å². The maximum absolute atomic E-state index is 9.45. The topological polar surface area (TPSA) is 23.5 Å². The molecule has 0 aromatic heterocycles. The molecule has 1 heterocycles. The van der Waals surface area contributed by atoms with Crippen LogP contribution in [0.15, 0.2) is 0 Å². The molecule has 2 rings (SSSR count). The smallest absolute Gasteiger partial charge is 0.0541 e. The molecule has 2 fully saturated rings. The Morgan fingerprint density at radius 2 is 1.79 bits per heavy atom. The quantitative estimate of drug-likeness (QED) is 0.759. The molecule has 1 aliphatic carbocycles. The minimum atomic E-state index is -0.0161. The van der Waals surface area contributed by atoms with Gasteiger partial charge in [-0.3, -0.25) is 4.90 Å². The summed E-state index contributed by atoms with van der Waals surface area (Å²) < 4.78 is 0. The molecule has 0 spiro atoms. The molecule has 1 unspecified atom stereocenters. The van der Waals surface area contributed by atoms with Crippen LogP contribution in [0.25, 0.3) is 0 Å². The number of rotatable bonds is 2. The van der Waals surface area contributed by atoms with Crippen LogP contribution in [0.2, 0.25) is 0 Å². The average molecular weight is 215 g/mol. The normalized spacial score (nSPS) is 39.2. The van der Waals surface area contributed by atoms with Crippen LogP contribution < -0.4 is 0 Å². The molecule has 0 bridgehead atoms. The van der Waals surface area contributed by atoms with Crippen molar-refractivity contribution in [2.24, 2.45) is 0 Å². The Morgan fingerprint density at radius 1 is 1.07 bits per heavy atom. The fraction of sp³-hybridized carbons (Fsp3) is 1.00. The van der Waals surface area contributed by atoms with Crippen LogP contribution >= 0.6 is 11.8 Å². The fourth-order valence-corrected chi connectivity index (χ4v) is 3.89. The van der Waals surface area contributed by atoms with Crippen LogP contribution in [0, 0.1) is 0 Å². The first-order chi connectivity index (χ1) is 6.77. The lowest BCUT2D eigenvalue weighted by atomic mass is 9.91. The predicted octanol–water partition coefficient (Wildman–Crippen LogP) is 1.73. The van der Waals surface area contributed by atoms with E-state index in [1.54, 1.807) is 0 Å². The van der Waals surface area contributed by atoms with Gasteiger partial charge in [-0.25, -0.2) is 0 Å². The zero-order valence-electron chi connectivity index (χ0n) is 8.98. The first-order valence-electron chi connectivity index (χ1n) is 5.75. The highest BCUT2D eigenvalue weighted by Gasteiger charge is 2.28. The standard InChI is InChI=1S/C11H21NOS/c1-12(10-6-7-14-8-10)9-2-4-11(13)5-3-9/h9-11,13H,2-8H2,1H3. The van der Waals surface area contributed by atoms with Crippen molar-refractivity contribution < 1.29 is 5.11 Å². The minimum Gasteiger partial charge on any atom is -0.393 e. The van der Waals surface area contributed by atoms with Crippen LogP contribution in [0.5, 0.6) is 0 Å². The maximum Gasteiger partial charge on any atom is 0.0541 e. The van der Waals surface area contributed by atoms with Crippen molar-refractivity contribution in [1.29, 1.82) is 0 Å². The van der Waals surface area contributed by atoms with Crippen LogP contribution in [0.3, 0.4) is 0 Å². The van der Waals surface area contributed by atoms with Gasteiger partial charge in [-0.05, 0) is 44.9 Å². The number of aliphatic hydroxyl groups is 1. The zero-order valence-corrected chi connectivity index (χ0v) is 9.80. The third kappa shape index (κ3) is 2.44. The molecule has 1 saturated heterocycles. The van der Waals surface area contributed by atoms with E-state index < -0.39 is 0 Å². The molecule has 3 heteroatoms. The Bertz CT molecular complexity index is 174. The van der Waals surface area contributed by atoms with Crippen LogP contribution in [-0.2, 0) is 0 Å². The van der Waals surface area contributed by atoms with Gasteiger partial charge in [-0.1, -0.05) is 0 Å². The van der Waals surface area contributed by atoms with Gasteiger partial charge in [-0.2, -0.15) is 11.8 Å². The van der Waals surface area contributed by atoms with Crippen LogP contribution in [0.4, 0.5) is 0 Å². The summed E-state index contributed by atoms with van der Waals surface area (Å²) >= 11 is 2.08. The lowest BCUT2D eigenvalue weighted by molar-refractivity contribution is 0.0713. The summed E-state index contributed by atoms with van der Waals surface area (Å²) in [6.07, 6.45) is 5.75. The summed E-state index contributed by atoms with van der Waals surface area (Å²) in [5, 5.41) is 9.45. The summed E-state index contributed by atoms with van der Waals surface area (Å²) in [5.74, 6) is 2.65. The number of hydrogen-bond acceptors (Lipinski definition) is 3. The highest BCUT2D eigenvalue weighted by atomic mass is 32.2.